The number of hydrogen-bond donors (Lipinski definition) is 0. The molecular weight excluding hydrogens is 536 g/mol. The number of sulfonamides is 1. The van der Waals surface area contributed by atoms with Gasteiger partial charge in [-0.25, -0.2) is 21.8 Å². The van der Waals surface area contributed by atoms with Crippen LogP contribution in [0.2, 0.25) is 5.02 Å². The standard InChI is InChI=1S/C25H27ClN4O5S2/c1-36(32,33)12-4-11-29-22-10-7-17(26)13-20(22)27-23(29)14-30-21-6-3-2-5-19(21)25(24(30)31)15-28(16-25)37(34,35)18-8-9-18/h2-3,5-7,10,13,18H,4,8-9,11-12,14-16H2,1H3. The first-order valence-electron chi connectivity index (χ1n) is 12.2. The van der Waals surface area contributed by atoms with E-state index >= 15 is 0 Å². The van der Waals surface area contributed by atoms with Crippen LogP contribution in [-0.2, 0) is 43.2 Å². The highest BCUT2D eigenvalue weighted by atomic mass is 35.5. The Bertz CT molecular complexity index is 1640. The Morgan fingerprint density at radius 3 is 2.51 bits per heavy atom. The molecule has 2 aromatic carbocycles. The third kappa shape index (κ3) is 4.16. The highest BCUT2D eigenvalue weighted by molar-refractivity contribution is 7.90. The number of benzene rings is 2. The molecule has 0 radical (unpaired) electrons. The number of sulfone groups is 1. The highest BCUT2D eigenvalue weighted by Crippen LogP contribution is 2.50. The van der Waals surface area contributed by atoms with E-state index in [1.165, 1.54) is 10.6 Å². The summed E-state index contributed by atoms with van der Waals surface area (Å²) in [4.78, 5) is 20.4. The van der Waals surface area contributed by atoms with E-state index in [9.17, 15) is 21.6 Å². The van der Waals surface area contributed by atoms with Gasteiger partial charge in [-0.15, -0.1) is 0 Å². The van der Waals surface area contributed by atoms with Crippen molar-refractivity contribution in [1.82, 2.24) is 13.9 Å². The SMILES string of the molecule is CS(=O)(=O)CCCn1c(CN2C(=O)C3(CN(S(=O)(=O)C4CC4)C3)c3ccccc32)nc2cc(Cl)ccc21. The van der Waals surface area contributed by atoms with Crippen molar-refractivity contribution in [3.63, 3.8) is 0 Å². The summed E-state index contributed by atoms with van der Waals surface area (Å²) in [5.41, 5.74) is 2.18. The molecule has 12 heteroatoms. The van der Waals surface area contributed by atoms with Gasteiger partial charge in [0.2, 0.25) is 15.9 Å². The number of nitrogens with zero attached hydrogens (tertiary/aromatic N) is 4. The molecule has 1 amide bonds. The van der Waals surface area contributed by atoms with Crippen molar-refractivity contribution in [3.8, 4) is 0 Å². The van der Waals surface area contributed by atoms with Crippen molar-refractivity contribution in [1.29, 1.82) is 0 Å². The van der Waals surface area contributed by atoms with Crippen LogP contribution in [-0.4, -0.2) is 66.9 Å². The summed E-state index contributed by atoms with van der Waals surface area (Å²) < 4.78 is 52.4. The van der Waals surface area contributed by atoms with Gasteiger partial charge >= 0.3 is 0 Å². The molecule has 1 saturated carbocycles. The summed E-state index contributed by atoms with van der Waals surface area (Å²) in [6, 6.07) is 12.9. The van der Waals surface area contributed by atoms with Crippen molar-refractivity contribution in [2.45, 2.75) is 43.0 Å². The molecule has 1 spiro atoms. The van der Waals surface area contributed by atoms with Gasteiger partial charge in [0.25, 0.3) is 0 Å². The van der Waals surface area contributed by atoms with Crippen LogP contribution in [0, 0.1) is 0 Å². The molecule has 0 N–H and O–H groups in total. The van der Waals surface area contributed by atoms with Gasteiger partial charge in [-0.05, 0) is 49.1 Å². The molecule has 3 aromatic rings. The number of aromatic nitrogens is 2. The molecule has 0 atom stereocenters. The largest absolute Gasteiger partial charge is 0.326 e. The van der Waals surface area contributed by atoms with E-state index < -0.39 is 25.3 Å². The van der Waals surface area contributed by atoms with Gasteiger partial charge in [0, 0.05) is 36.6 Å². The van der Waals surface area contributed by atoms with Crippen LogP contribution in [0.4, 0.5) is 5.69 Å². The predicted molar refractivity (Wildman–Crippen MR) is 142 cm³/mol. The molecule has 37 heavy (non-hydrogen) atoms. The molecule has 3 heterocycles. The number of fused-ring (bicyclic) bond motifs is 3. The van der Waals surface area contributed by atoms with E-state index in [0.29, 0.717) is 42.2 Å². The Hall–Kier alpha value is -2.47. The Morgan fingerprint density at radius 1 is 1.08 bits per heavy atom. The van der Waals surface area contributed by atoms with E-state index in [4.69, 9.17) is 16.6 Å². The summed E-state index contributed by atoms with van der Waals surface area (Å²) >= 11 is 6.20. The van der Waals surface area contributed by atoms with Crippen LogP contribution in [0.5, 0.6) is 0 Å². The molecule has 1 aromatic heterocycles. The molecule has 6 rings (SSSR count). The third-order valence-electron chi connectivity index (χ3n) is 7.55. The lowest BCUT2D eigenvalue weighted by Crippen LogP contribution is -2.65. The van der Waals surface area contributed by atoms with Gasteiger partial charge in [-0.1, -0.05) is 29.8 Å². The number of hydrogen-bond acceptors (Lipinski definition) is 6. The molecule has 0 unspecified atom stereocenters. The highest BCUT2D eigenvalue weighted by Gasteiger charge is 2.62. The summed E-state index contributed by atoms with van der Waals surface area (Å²) in [7, 11) is -6.49. The van der Waals surface area contributed by atoms with E-state index in [0.717, 1.165) is 16.8 Å². The number of carbonyl (C=O) groups is 1. The Labute approximate surface area is 221 Å². The number of amides is 1. The topological polar surface area (TPSA) is 110 Å². The molecular formula is C25H27ClN4O5S2. The molecule has 2 aliphatic heterocycles. The average molecular weight is 563 g/mol. The first-order valence-corrected chi connectivity index (χ1v) is 16.2. The fourth-order valence-electron chi connectivity index (χ4n) is 5.52. The maximum atomic E-state index is 13.9. The van der Waals surface area contributed by atoms with Crippen molar-refractivity contribution >= 4 is 54.1 Å². The fraction of sp³-hybridized carbons (Fsp3) is 0.440. The lowest BCUT2D eigenvalue weighted by Gasteiger charge is -2.45. The molecule has 1 aliphatic carbocycles. The van der Waals surface area contributed by atoms with E-state index in [1.807, 2.05) is 34.9 Å². The lowest BCUT2D eigenvalue weighted by molar-refractivity contribution is -0.127. The molecule has 196 valence electrons. The second-order valence-corrected chi connectivity index (χ2v) is 15.2. The zero-order valence-corrected chi connectivity index (χ0v) is 22.7. The molecule has 3 aliphatic rings. The molecule has 9 nitrogen and oxygen atoms in total. The van der Waals surface area contributed by atoms with Crippen molar-refractivity contribution in [2.75, 3.05) is 30.0 Å². The summed E-state index contributed by atoms with van der Waals surface area (Å²) in [5, 5.41) is 0.221. The predicted octanol–water partition coefficient (Wildman–Crippen LogP) is 2.72. The monoisotopic (exact) mass is 562 g/mol. The van der Waals surface area contributed by atoms with E-state index in [2.05, 4.69) is 0 Å². The van der Waals surface area contributed by atoms with Crippen LogP contribution in [0.15, 0.2) is 42.5 Å². The van der Waals surface area contributed by atoms with Crippen LogP contribution in [0.3, 0.4) is 0 Å². The van der Waals surface area contributed by atoms with Gasteiger partial charge in [0.15, 0.2) is 0 Å². The van der Waals surface area contributed by atoms with Crippen LogP contribution in [0.25, 0.3) is 11.0 Å². The van der Waals surface area contributed by atoms with Crippen LogP contribution < -0.4 is 4.90 Å². The van der Waals surface area contributed by atoms with Gasteiger partial charge in [-0.2, -0.15) is 4.31 Å². The van der Waals surface area contributed by atoms with E-state index in [1.54, 1.807) is 17.0 Å². The van der Waals surface area contributed by atoms with Gasteiger partial charge in [-0.3, -0.25) is 4.79 Å². The normalized spacial score (nSPS) is 19.5. The Morgan fingerprint density at radius 2 is 1.81 bits per heavy atom. The third-order valence-corrected chi connectivity index (χ3v) is 11.1. The van der Waals surface area contributed by atoms with Crippen LogP contribution >= 0.6 is 11.6 Å². The lowest BCUT2D eigenvalue weighted by atomic mass is 9.76. The maximum Gasteiger partial charge on any atom is 0.240 e. The Balaban J connectivity index is 1.33. The second kappa shape index (κ2) is 8.52. The minimum absolute atomic E-state index is 0.0413. The smallest absolute Gasteiger partial charge is 0.240 e. The number of aryl methyl sites for hydroxylation is 1. The first kappa shape index (κ1) is 24.8. The van der Waals surface area contributed by atoms with E-state index in [-0.39, 0.29) is 36.5 Å². The maximum absolute atomic E-state index is 13.9. The number of imidazole rings is 1. The number of halogens is 1. The van der Waals surface area contributed by atoms with Crippen LogP contribution in [0.1, 0.15) is 30.7 Å². The summed E-state index contributed by atoms with van der Waals surface area (Å²) in [6.45, 7) is 0.901. The van der Waals surface area contributed by atoms with Crippen molar-refractivity contribution in [2.24, 2.45) is 0 Å². The number of anilines is 1. The molecule has 2 fully saturated rings. The number of carbonyl (C=O) groups excluding carboxylic acids is 1. The fourth-order valence-corrected chi connectivity index (χ4v) is 8.29. The average Bonchev–Trinajstić information content (AvgIpc) is 3.57. The minimum atomic E-state index is -3.36. The summed E-state index contributed by atoms with van der Waals surface area (Å²) in [6.07, 6.45) is 2.98. The van der Waals surface area contributed by atoms with Crippen molar-refractivity contribution in [3.05, 3.63) is 58.9 Å². The molecule has 0 bridgehead atoms. The zero-order chi connectivity index (χ0) is 26.2. The summed E-state index contributed by atoms with van der Waals surface area (Å²) in [5.74, 6) is 0.524. The first-order chi connectivity index (χ1) is 17.5. The quantitative estimate of drug-likeness (QED) is 0.417. The molecule has 1 saturated heterocycles. The second-order valence-electron chi connectivity index (χ2n) is 10.3. The Kier molecular flexibility index (Phi) is 5.72. The van der Waals surface area contributed by atoms with Gasteiger partial charge < -0.3 is 9.47 Å². The van der Waals surface area contributed by atoms with Gasteiger partial charge in [0.1, 0.15) is 21.1 Å². The number of para-hydroxylation sites is 1. The minimum Gasteiger partial charge on any atom is -0.326 e. The zero-order valence-electron chi connectivity index (χ0n) is 20.3. The van der Waals surface area contributed by atoms with Crippen molar-refractivity contribution < 1.29 is 21.6 Å². The van der Waals surface area contributed by atoms with Gasteiger partial charge in [0.05, 0.1) is 28.6 Å². The number of rotatable bonds is 8.